The first-order valence-electron chi connectivity index (χ1n) is 9.78. The lowest BCUT2D eigenvalue weighted by atomic mass is 10.2. The van der Waals surface area contributed by atoms with Gasteiger partial charge in [-0.2, -0.15) is 0 Å². The number of thioether (sulfide) groups is 1. The van der Waals surface area contributed by atoms with Gasteiger partial charge in [-0.15, -0.1) is 13.2 Å². The van der Waals surface area contributed by atoms with Crippen LogP contribution in [0.5, 0.6) is 11.5 Å². The molecule has 1 aliphatic heterocycles. The number of alkyl halides is 3. The molecule has 2 aromatic carbocycles. The van der Waals surface area contributed by atoms with Crippen LogP contribution >= 0.6 is 23.4 Å². The highest BCUT2D eigenvalue weighted by molar-refractivity contribution is 8.18. The first kappa shape index (κ1) is 23.8. The summed E-state index contributed by atoms with van der Waals surface area (Å²) >= 11 is 6.79. The highest BCUT2D eigenvalue weighted by Crippen LogP contribution is 2.34. The molecule has 1 aromatic heterocycles. The maximum Gasteiger partial charge on any atom is 0.573 e. The van der Waals surface area contributed by atoms with E-state index in [1.807, 2.05) is 0 Å². The molecule has 0 bridgehead atoms. The molecule has 1 aliphatic rings. The first-order chi connectivity index (χ1) is 16.2. The third kappa shape index (κ3) is 5.75. The minimum Gasteiger partial charge on any atom is -0.490 e. The van der Waals surface area contributed by atoms with Gasteiger partial charge in [0, 0.05) is 11.6 Å². The van der Waals surface area contributed by atoms with Crippen LogP contribution in [-0.2, 0) is 4.79 Å². The highest BCUT2D eigenvalue weighted by Gasteiger charge is 2.35. The van der Waals surface area contributed by atoms with Crippen LogP contribution in [0.1, 0.15) is 5.76 Å². The molecular weight excluding hydrogens is 495 g/mol. The Kier molecular flexibility index (Phi) is 6.90. The summed E-state index contributed by atoms with van der Waals surface area (Å²) in [4.78, 5) is 26.2. The zero-order chi connectivity index (χ0) is 24.3. The van der Waals surface area contributed by atoms with Crippen molar-refractivity contribution < 1.29 is 36.7 Å². The molecule has 2 amide bonds. The van der Waals surface area contributed by atoms with E-state index < -0.39 is 17.5 Å². The summed E-state index contributed by atoms with van der Waals surface area (Å²) in [5, 5.41) is -0.0151. The Morgan fingerprint density at radius 2 is 1.76 bits per heavy atom. The Morgan fingerprint density at radius 1 is 1.03 bits per heavy atom. The van der Waals surface area contributed by atoms with Crippen molar-refractivity contribution in [3.63, 3.8) is 0 Å². The molecule has 0 unspecified atom stereocenters. The van der Waals surface area contributed by atoms with Crippen LogP contribution in [0.4, 0.5) is 18.0 Å². The Morgan fingerprint density at radius 3 is 2.47 bits per heavy atom. The number of furan rings is 1. The number of hydrogen-bond donors (Lipinski definition) is 0. The monoisotopic (exact) mass is 509 g/mol. The van der Waals surface area contributed by atoms with E-state index in [2.05, 4.69) is 4.74 Å². The van der Waals surface area contributed by atoms with Crippen LogP contribution in [0.2, 0.25) is 5.02 Å². The van der Waals surface area contributed by atoms with Crippen LogP contribution in [0.15, 0.2) is 70.0 Å². The van der Waals surface area contributed by atoms with E-state index in [1.165, 1.54) is 30.3 Å². The molecule has 0 radical (unpaired) electrons. The SMILES string of the molecule is O=C1S/C(=C\c2ccc(-c3ccc(OC(F)(F)F)cc3)o2)C(=O)N1CCOc1ccccc1Cl. The molecule has 2 heterocycles. The number of rotatable bonds is 7. The van der Waals surface area contributed by atoms with Crippen LogP contribution in [0.25, 0.3) is 17.4 Å². The summed E-state index contributed by atoms with van der Waals surface area (Å²) in [6.07, 6.45) is -3.34. The molecule has 4 rings (SSSR count). The number of benzene rings is 2. The van der Waals surface area contributed by atoms with Gasteiger partial charge in [-0.05, 0) is 60.3 Å². The second kappa shape index (κ2) is 9.86. The van der Waals surface area contributed by atoms with Gasteiger partial charge >= 0.3 is 6.36 Å². The largest absolute Gasteiger partial charge is 0.573 e. The number of nitrogens with zero attached hydrogens (tertiary/aromatic N) is 1. The number of carbonyl (C=O) groups is 2. The van der Waals surface area contributed by atoms with Gasteiger partial charge in [0.25, 0.3) is 11.1 Å². The molecule has 1 saturated heterocycles. The number of hydrogen-bond acceptors (Lipinski definition) is 6. The maximum atomic E-state index is 12.6. The number of ether oxygens (including phenoxy) is 2. The van der Waals surface area contributed by atoms with Crippen LogP contribution in [0.3, 0.4) is 0 Å². The molecule has 11 heteroatoms. The number of para-hydroxylation sites is 1. The summed E-state index contributed by atoms with van der Waals surface area (Å²) in [5.74, 6) is 0.299. The van der Waals surface area contributed by atoms with Crippen molar-refractivity contribution in [1.82, 2.24) is 4.90 Å². The molecule has 0 spiro atoms. The molecule has 0 saturated carbocycles. The van der Waals surface area contributed by atoms with E-state index in [0.717, 1.165) is 16.7 Å². The summed E-state index contributed by atoms with van der Waals surface area (Å²) in [5.41, 5.74) is 0.513. The fraction of sp³-hybridized carbons (Fsp3) is 0.130. The van der Waals surface area contributed by atoms with Crippen molar-refractivity contribution in [2.24, 2.45) is 0 Å². The molecule has 0 N–H and O–H groups in total. The highest BCUT2D eigenvalue weighted by atomic mass is 35.5. The third-order valence-corrected chi connectivity index (χ3v) is 5.77. The molecule has 176 valence electrons. The normalized spacial score (nSPS) is 15.3. The summed E-state index contributed by atoms with van der Waals surface area (Å²) in [6, 6.07) is 15.2. The fourth-order valence-corrected chi connectivity index (χ4v) is 4.07. The topological polar surface area (TPSA) is 69.0 Å². The van der Waals surface area contributed by atoms with Crippen molar-refractivity contribution >= 4 is 40.6 Å². The summed E-state index contributed by atoms with van der Waals surface area (Å²) in [7, 11) is 0. The van der Waals surface area contributed by atoms with Crippen molar-refractivity contribution in [1.29, 1.82) is 0 Å². The van der Waals surface area contributed by atoms with Gasteiger partial charge in [0.1, 0.15) is 29.6 Å². The van der Waals surface area contributed by atoms with E-state index >= 15 is 0 Å². The van der Waals surface area contributed by atoms with Gasteiger partial charge in [-0.25, -0.2) is 0 Å². The molecule has 34 heavy (non-hydrogen) atoms. The van der Waals surface area contributed by atoms with E-state index in [9.17, 15) is 22.8 Å². The Balaban J connectivity index is 1.39. The van der Waals surface area contributed by atoms with Gasteiger partial charge in [0.05, 0.1) is 16.5 Å². The van der Waals surface area contributed by atoms with Crippen LogP contribution < -0.4 is 9.47 Å². The number of amides is 2. The average molecular weight is 510 g/mol. The van der Waals surface area contributed by atoms with Crippen LogP contribution in [0, 0.1) is 0 Å². The minimum atomic E-state index is -4.77. The summed E-state index contributed by atoms with van der Waals surface area (Å²) < 4.78 is 51.9. The molecule has 3 aromatic rings. The van der Waals surface area contributed by atoms with E-state index in [1.54, 1.807) is 36.4 Å². The average Bonchev–Trinajstić information content (AvgIpc) is 3.34. The molecule has 0 aliphatic carbocycles. The van der Waals surface area contributed by atoms with Crippen molar-refractivity contribution in [2.75, 3.05) is 13.2 Å². The Bertz CT molecular complexity index is 1240. The van der Waals surface area contributed by atoms with Gasteiger partial charge in [-0.1, -0.05) is 23.7 Å². The number of halogens is 4. The molecule has 1 fully saturated rings. The van der Waals surface area contributed by atoms with Gasteiger partial charge in [0.2, 0.25) is 0 Å². The van der Waals surface area contributed by atoms with E-state index in [4.69, 9.17) is 20.8 Å². The number of imide groups is 1. The van der Waals surface area contributed by atoms with Crippen molar-refractivity contribution in [3.05, 3.63) is 76.4 Å². The summed E-state index contributed by atoms with van der Waals surface area (Å²) in [6.45, 7) is 0.122. The Labute approximate surface area is 200 Å². The maximum absolute atomic E-state index is 12.6. The second-order valence-corrected chi connectivity index (χ2v) is 8.29. The first-order valence-corrected chi connectivity index (χ1v) is 11.0. The lowest BCUT2D eigenvalue weighted by Crippen LogP contribution is -2.32. The van der Waals surface area contributed by atoms with E-state index in [0.29, 0.717) is 27.9 Å². The van der Waals surface area contributed by atoms with Crippen molar-refractivity contribution in [3.8, 4) is 22.8 Å². The predicted molar refractivity (Wildman–Crippen MR) is 120 cm³/mol. The standard InChI is InChI=1S/C23H15ClF3NO5S/c24-17-3-1-2-4-19(17)31-12-11-28-21(29)20(34-22(28)30)13-16-9-10-18(32-16)14-5-7-15(8-6-14)33-23(25,26)27/h1-10,13H,11-12H2/b20-13-. The lowest BCUT2D eigenvalue weighted by Gasteiger charge is -2.13. The molecule has 6 nitrogen and oxygen atoms in total. The predicted octanol–water partition coefficient (Wildman–Crippen LogP) is 6.61. The zero-order valence-corrected chi connectivity index (χ0v) is 18.7. The third-order valence-electron chi connectivity index (χ3n) is 4.56. The minimum absolute atomic E-state index is 0.0446. The van der Waals surface area contributed by atoms with Gasteiger partial charge < -0.3 is 13.9 Å². The smallest absolute Gasteiger partial charge is 0.490 e. The van der Waals surface area contributed by atoms with E-state index in [-0.39, 0.29) is 23.8 Å². The number of carbonyl (C=O) groups excluding carboxylic acids is 2. The molecular formula is C23H15ClF3NO5S. The molecule has 0 atom stereocenters. The Hall–Kier alpha value is -3.37. The van der Waals surface area contributed by atoms with Crippen LogP contribution in [-0.4, -0.2) is 35.6 Å². The second-order valence-electron chi connectivity index (χ2n) is 6.89. The van der Waals surface area contributed by atoms with Crippen molar-refractivity contribution in [2.45, 2.75) is 6.36 Å². The lowest BCUT2D eigenvalue weighted by molar-refractivity contribution is -0.274. The quantitative estimate of drug-likeness (QED) is 0.334. The fourth-order valence-electron chi connectivity index (χ4n) is 3.04. The zero-order valence-electron chi connectivity index (χ0n) is 17.2. The van der Waals surface area contributed by atoms with Gasteiger partial charge in [-0.3, -0.25) is 14.5 Å². The van der Waals surface area contributed by atoms with Gasteiger partial charge in [0.15, 0.2) is 0 Å².